The molecule has 0 atom stereocenters. The van der Waals surface area contributed by atoms with Crippen LogP contribution in [0.15, 0.2) is 12.1 Å². The molecule has 1 aromatic rings. The van der Waals surface area contributed by atoms with E-state index < -0.39 is 34.8 Å². The van der Waals surface area contributed by atoms with E-state index in [1.807, 2.05) is 0 Å². The molecule has 0 aliphatic rings. The zero-order valence-electron chi connectivity index (χ0n) is 11.8. The van der Waals surface area contributed by atoms with Gasteiger partial charge in [0.25, 0.3) is 0 Å². The molecule has 2 amide bonds. The molecule has 0 spiro atoms. The molecule has 0 aliphatic carbocycles. The first kappa shape index (κ1) is 16.8. The number of benzene rings is 1. The van der Waals surface area contributed by atoms with Crippen LogP contribution in [-0.2, 0) is 4.74 Å². The number of methoxy groups -OCH3 is 1. The minimum absolute atomic E-state index is 0.140. The number of carboxylic acids is 1. The SMILES string of the molecule is COC(C)(C)CNC(=O)Nc1cc(F)c(F)cc1C(=O)O. The lowest BCUT2D eigenvalue weighted by Gasteiger charge is -2.23. The molecule has 0 radical (unpaired) electrons. The summed E-state index contributed by atoms with van der Waals surface area (Å²) in [5, 5.41) is 13.5. The van der Waals surface area contributed by atoms with Crippen LogP contribution in [0.2, 0.25) is 0 Å². The smallest absolute Gasteiger partial charge is 0.337 e. The minimum atomic E-state index is -1.48. The molecule has 0 bridgehead atoms. The van der Waals surface area contributed by atoms with Crippen molar-refractivity contribution in [1.82, 2.24) is 5.32 Å². The summed E-state index contributed by atoms with van der Waals surface area (Å²) in [5.74, 6) is -4.05. The van der Waals surface area contributed by atoms with E-state index in [0.717, 1.165) is 0 Å². The van der Waals surface area contributed by atoms with Crippen molar-refractivity contribution in [1.29, 1.82) is 0 Å². The van der Waals surface area contributed by atoms with Crippen molar-refractivity contribution < 1.29 is 28.2 Å². The maximum absolute atomic E-state index is 13.1. The van der Waals surface area contributed by atoms with E-state index in [1.54, 1.807) is 13.8 Å². The van der Waals surface area contributed by atoms with Gasteiger partial charge in [-0.3, -0.25) is 0 Å². The number of rotatable bonds is 5. The molecule has 0 unspecified atom stereocenters. The quantitative estimate of drug-likeness (QED) is 0.778. The van der Waals surface area contributed by atoms with Crippen LogP contribution < -0.4 is 10.6 Å². The third kappa shape index (κ3) is 4.67. The fourth-order valence-electron chi connectivity index (χ4n) is 1.36. The van der Waals surface area contributed by atoms with Gasteiger partial charge in [0, 0.05) is 19.7 Å². The van der Waals surface area contributed by atoms with Crippen molar-refractivity contribution >= 4 is 17.7 Å². The fourth-order valence-corrected chi connectivity index (χ4v) is 1.36. The molecule has 8 heteroatoms. The summed E-state index contributed by atoms with van der Waals surface area (Å²) in [6.45, 7) is 3.60. The second-order valence-electron chi connectivity index (χ2n) is 4.89. The lowest BCUT2D eigenvalue weighted by Crippen LogP contribution is -2.41. The summed E-state index contributed by atoms with van der Waals surface area (Å²) in [6, 6.07) is 0.361. The first-order valence-corrected chi connectivity index (χ1v) is 5.98. The second kappa shape index (κ2) is 6.49. The van der Waals surface area contributed by atoms with Gasteiger partial charge in [0.05, 0.1) is 16.9 Å². The van der Waals surface area contributed by atoms with Gasteiger partial charge in [-0.25, -0.2) is 18.4 Å². The molecule has 3 N–H and O–H groups in total. The highest BCUT2D eigenvalue weighted by Crippen LogP contribution is 2.20. The van der Waals surface area contributed by atoms with Gasteiger partial charge in [0.15, 0.2) is 11.6 Å². The highest BCUT2D eigenvalue weighted by molar-refractivity contribution is 6.00. The topological polar surface area (TPSA) is 87.7 Å². The highest BCUT2D eigenvalue weighted by Gasteiger charge is 2.20. The van der Waals surface area contributed by atoms with Gasteiger partial charge in [0.1, 0.15) is 0 Å². The molecular weight excluding hydrogens is 286 g/mol. The molecule has 1 rings (SSSR count). The number of halogens is 2. The largest absolute Gasteiger partial charge is 0.478 e. The van der Waals surface area contributed by atoms with E-state index in [2.05, 4.69) is 10.6 Å². The number of carbonyl (C=O) groups is 2. The zero-order valence-corrected chi connectivity index (χ0v) is 11.8. The van der Waals surface area contributed by atoms with E-state index >= 15 is 0 Å². The van der Waals surface area contributed by atoms with Crippen molar-refractivity contribution in [2.75, 3.05) is 19.0 Å². The van der Waals surface area contributed by atoms with E-state index in [-0.39, 0.29) is 12.2 Å². The van der Waals surface area contributed by atoms with E-state index in [4.69, 9.17) is 9.84 Å². The van der Waals surface area contributed by atoms with Crippen molar-refractivity contribution in [3.8, 4) is 0 Å². The molecular formula is C13H16F2N2O4. The Morgan fingerprint density at radius 1 is 1.29 bits per heavy atom. The molecule has 0 aliphatic heterocycles. The Balaban J connectivity index is 2.85. The molecule has 1 aromatic carbocycles. The van der Waals surface area contributed by atoms with Gasteiger partial charge in [-0.2, -0.15) is 0 Å². The number of nitrogens with one attached hydrogen (secondary N) is 2. The lowest BCUT2D eigenvalue weighted by atomic mass is 10.1. The van der Waals surface area contributed by atoms with Gasteiger partial charge in [-0.05, 0) is 19.9 Å². The van der Waals surface area contributed by atoms with Crippen molar-refractivity contribution in [3.05, 3.63) is 29.3 Å². The second-order valence-corrected chi connectivity index (χ2v) is 4.89. The maximum atomic E-state index is 13.1. The third-order valence-electron chi connectivity index (χ3n) is 2.77. The molecule has 6 nitrogen and oxygen atoms in total. The Labute approximate surface area is 120 Å². The number of aromatic carboxylic acids is 1. The van der Waals surface area contributed by atoms with E-state index in [9.17, 15) is 18.4 Å². The summed E-state index contributed by atoms with van der Waals surface area (Å²) in [4.78, 5) is 22.6. The molecule has 116 valence electrons. The molecule has 21 heavy (non-hydrogen) atoms. The first-order valence-electron chi connectivity index (χ1n) is 5.98. The molecule has 0 saturated heterocycles. The summed E-state index contributed by atoms with van der Waals surface area (Å²) in [7, 11) is 1.47. The molecule has 0 aromatic heterocycles. The molecule has 0 saturated carbocycles. The monoisotopic (exact) mass is 302 g/mol. The first-order chi connectivity index (χ1) is 9.66. The third-order valence-corrected chi connectivity index (χ3v) is 2.77. The highest BCUT2D eigenvalue weighted by atomic mass is 19.2. The summed E-state index contributed by atoms with van der Waals surface area (Å²) >= 11 is 0. The van der Waals surface area contributed by atoms with Crippen LogP contribution in [0.1, 0.15) is 24.2 Å². The Bertz CT molecular complexity index is 561. The average molecular weight is 302 g/mol. The van der Waals surface area contributed by atoms with E-state index in [0.29, 0.717) is 12.1 Å². The number of carbonyl (C=O) groups excluding carboxylic acids is 1. The van der Waals surface area contributed by atoms with Gasteiger partial charge < -0.3 is 20.5 Å². The summed E-state index contributed by atoms with van der Waals surface area (Å²) in [5.41, 5.74) is -1.51. The Hall–Kier alpha value is -2.22. The molecule has 0 heterocycles. The van der Waals surface area contributed by atoms with Gasteiger partial charge in [0.2, 0.25) is 0 Å². The predicted molar refractivity (Wildman–Crippen MR) is 71.4 cm³/mol. The van der Waals surface area contributed by atoms with Gasteiger partial charge in [-0.1, -0.05) is 0 Å². The summed E-state index contributed by atoms with van der Waals surface area (Å²) < 4.78 is 31.3. The van der Waals surface area contributed by atoms with Crippen molar-refractivity contribution in [3.63, 3.8) is 0 Å². The van der Waals surface area contributed by atoms with Crippen LogP contribution in [0.4, 0.5) is 19.3 Å². The zero-order chi connectivity index (χ0) is 16.2. The van der Waals surface area contributed by atoms with Crippen LogP contribution in [0.3, 0.4) is 0 Å². The van der Waals surface area contributed by atoms with Crippen molar-refractivity contribution in [2.24, 2.45) is 0 Å². The van der Waals surface area contributed by atoms with Crippen LogP contribution in [0.5, 0.6) is 0 Å². The van der Waals surface area contributed by atoms with E-state index in [1.165, 1.54) is 7.11 Å². The minimum Gasteiger partial charge on any atom is -0.478 e. The number of urea groups is 1. The maximum Gasteiger partial charge on any atom is 0.337 e. The number of amides is 2. The standard InChI is InChI=1S/C13H16F2N2O4/c1-13(2,21-3)6-16-12(20)17-10-5-9(15)8(14)4-7(10)11(18)19/h4-5H,6H2,1-3H3,(H,18,19)(H2,16,17,20). The van der Waals surface area contributed by atoms with Crippen LogP contribution in [0.25, 0.3) is 0 Å². The number of hydrogen-bond acceptors (Lipinski definition) is 3. The number of anilines is 1. The lowest BCUT2D eigenvalue weighted by molar-refractivity contribution is 0.0257. The van der Waals surface area contributed by atoms with Gasteiger partial charge in [-0.15, -0.1) is 0 Å². The Morgan fingerprint density at radius 3 is 2.38 bits per heavy atom. The number of ether oxygens (including phenoxy) is 1. The van der Waals surface area contributed by atoms with Gasteiger partial charge >= 0.3 is 12.0 Å². The Morgan fingerprint density at radius 2 is 1.86 bits per heavy atom. The van der Waals surface area contributed by atoms with Crippen LogP contribution in [0, 0.1) is 11.6 Å². The summed E-state index contributed by atoms with van der Waals surface area (Å²) in [6.07, 6.45) is 0. The number of hydrogen-bond donors (Lipinski definition) is 3. The number of carboxylic acid groups (broad SMARTS) is 1. The van der Waals surface area contributed by atoms with Crippen LogP contribution in [-0.4, -0.2) is 36.4 Å². The normalized spacial score (nSPS) is 11.1. The Kier molecular flexibility index (Phi) is 5.20. The predicted octanol–water partition coefficient (Wildman–Crippen LogP) is 2.21. The van der Waals surface area contributed by atoms with Crippen molar-refractivity contribution in [2.45, 2.75) is 19.4 Å². The molecule has 0 fully saturated rings. The fraction of sp³-hybridized carbons (Fsp3) is 0.385. The van der Waals surface area contributed by atoms with Crippen LogP contribution >= 0.6 is 0 Å². The average Bonchev–Trinajstić information content (AvgIpc) is 2.40.